The quantitative estimate of drug-likeness (QED) is 0.681. The van der Waals surface area contributed by atoms with E-state index in [9.17, 15) is 0 Å². The number of thioether (sulfide) groups is 1. The van der Waals surface area contributed by atoms with E-state index in [2.05, 4.69) is 26.1 Å². The van der Waals surface area contributed by atoms with Gasteiger partial charge in [0.15, 0.2) is 0 Å². The summed E-state index contributed by atoms with van der Waals surface area (Å²) < 4.78 is 5.58. The first kappa shape index (κ1) is 13.3. The maximum absolute atomic E-state index is 5.58. The predicted octanol–water partition coefficient (Wildman–Crippen LogP) is 2.68. The Balaban J connectivity index is 1.92. The fourth-order valence-corrected chi connectivity index (χ4v) is 2.52. The Bertz CT molecular complexity index is 167. The molecule has 0 amide bonds. The van der Waals surface area contributed by atoms with E-state index in [0.717, 1.165) is 13.2 Å². The van der Waals surface area contributed by atoms with E-state index in [1.54, 1.807) is 0 Å². The molecule has 0 radical (unpaired) electrons. The summed E-state index contributed by atoms with van der Waals surface area (Å²) in [6, 6.07) is 0. The van der Waals surface area contributed by atoms with Gasteiger partial charge in [-0.2, -0.15) is 11.8 Å². The molecule has 1 N–H and O–H groups in total. The molecule has 90 valence electrons. The molecule has 15 heavy (non-hydrogen) atoms. The summed E-state index contributed by atoms with van der Waals surface area (Å²) in [5.41, 5.74) is 0.296. The Hall–Kier alpha value is 0.270. The van der Waals surface area contributed by atoms with Gasteiger partial charge in [-0.05, 0) is 33.1 Å². The van der Waals surface area contributed by atoms with E-state index in [1.807, 2.05) is 11.8 Å². The van der Waals surface area contributed by atoms with Gasteiger partial charge in [0, 0.05) is 30.2 Å². The molecule has 0 aromatic rings. The van der Waals surface area contributed by atoms with Crippen LogP contribution in [0.4, 0.5) is 0 Å². The zero-order chi connectivity index (χ0) is 11.1. The molecule has 0 aromatic carbocycles. The molecule has 0 aliphatic carbocycles. The number of rotatable bonds is 7. The van der Waals surface area contributed by atoms with Crippen molar-refractivity contribution in [2.45, 2.75) is 51.7 Å². The SMILES string of the molecule is CCC(C)(C)NCCSCC1CCCO1. The highest BCUT2D eigenvalue weighted by atomic mass is 32.2. The normalized spacial score (nSPS) is 22.2. The van der Waals surface area contributed by atoms with Gasteiger partial charge in [0.05, 0.1) is 6.10 Å². The van der Waals surface area contributed by atoms with Crippen LogP contribution in [0.15, 0.2) is 0 Å². The van der Waals surface area contributed by atoms with Crippen LogP contribution < -0.4 is 5.32 Å². The summed E-state index contributed by atoms with van der Waals surface area (Å²) in [6.07, 6.45) is 4.24. The molecule has 1 atom stereocenters. The third-order valence-electron chi connectivity index (χ3n) is 3.06. The Morgan fingerprint density at radius 3 is 2.87 bits per heavy atom. The molecular weight excluding hydrogens is 206 g/mol. The van der Waals surface area contributed by atoms with Crippen molar-refractivity contribution >= 4 is 11.8 Å². The topological polar surface area (TPSA) is 21.3 Å². The molecule has 1 rings (SSSR count). The lowest BCUT2D eigenvalue weighted by Crippen LogP contribution is -2.39. The average Bonchev–Trinajstić information content (AvgIpc) is 2.70. The van der Waals surface area contributed by atoms with Crippen molar-refractivity contribution in [2.75, 3.05) is 24.7 Å². The molecule has 3 heteroatoms. The van der Waals surface area contributed by atoms with Gasteiger partial charge in [-0.3, -0.25) is 0 Å². The second kappa shape index (κ2) is 6.77. The van der Waals surface area contributed by atoms with E-state index < -0.39 is 0 Å². The summed E-state index contributed by atoms with van der Waals surface area (Å²) in [6.45, 7) is 8.84. The molecule has 0 saturated carbocycles. The van der Waals surface area contributed by atoms with Gasteiger partial charge in [-0.25, -0.2) is 0 Å². The fraction of sp³-hybridized carbons (Fsp3) is 1.00. The van der Waals surface area contributed by atoms with Crippen LogP contribution in [-0.4, -0.2) is 36.3 Å². The van der Waals surface area contributed by atoms with Crippen molar-refractivity contribution in [3.63, 3.8) is 0 Å². The highest BCUT2D eigenvalue weighted by Gasteiger charge is 2.15. The summed E-state index contributed by atoms with van der Waals surface area (Å²) >= 11 is 2.01. The van der Waals surface area contributed by atoms with E-state index in [0.29, 0.717) is 11.6 Å². The Labute approximate surface area is 98.5 Å². The van der Waals surface area contributed by atoms with Crippen LogP contribution in [-0.2, 0) is 4.74 Å². The minimum absolute atomic E-state index is 0.296. The number of ether oxygens (including phenoxy) is 1. The van der Waals surface area contributed by atoms with Crippen LogP contribution in [0.2, 0.25) is 0 Å². The Kier molecular flexibility index (Phi) is 6.02. The maximum Gasteiger partial charge on any atom is 0.0666 e. The maximum atomic E-state index is 5.58. The third kappa shape index (κ3) is 5.79. The van der Waals surface area contributed by atoms with Crippen molar-refractivity contribution in [3.05, 3.63) is 0 Å². The second-order valence-electron chi connectivity index (χ2n) is 4.87. The van der Waals surface area contributed by atoms with Crippen LogP contribution >= 0.6 is 11.8 Å². The van der Waals surface area contributed by atoms with Gasteiger partial charge >= 0.3 is 0 Å². The minimum Gasteiger partial charge on any atom is -0.377 e. The molecule has 1 fully saturated rings. The van der Waals surface area contributed by atoms with Gasteiger partial charge in [0.2, 0.25) is 0 Å². The van der Waals surface area contributed by atoms with Gasteiger partial charge in [0.25, 0.3) is 0 Å². The van der Waals surface area contributed by atoms with E-state index in [-0.39, 0.29) is 0 Å². The fourth-order valence-electron chi connectivity index (χ4n) is 1.58. The minimum atomic E-state index is 0.296. The van der Waals surface area contributed by atoms with Gasteiger partial charge in [-0.15, -0.1) is 0 Å². The molecule has 1 aliphatic heterocycles. The molecule has 2 nitrogen and oxygen atoms in total. The zero-order valence-electron chi connectivity index (χ0n) is 10.3. The molecule has 0 bridgehead atoms. The summed E-state index contributed by atoms with van der Waals surface area (Å²) in [5.74, 6) is 2.37. The summed E-state index contributed by atoms with van der Waals surface area (Å²) in [4.78, 5) is 0. The van der Waals surface area contributed by atoms with E-state index in [4.69, 9.17) is 4.74 Å². The van der Waals surface area contributed by atoms with Crippen LogP contribution in [0, 0.1) is 0 Å². The number of hydrogen-bond acceptors (Lipinski definition) is 3. The standard InChI is InChI=1S/C12H25NOS/c1-4-12(2,3)13-7-9-15-10-11-6-5-8-14-11/h11,13H,4-10H2,1-3H3. The highest BCUT2D eigenvalue weighted by molar-refractivity contribution is 7.99. The molecule has 0 aromatic heterocycles. The zero-order valence-corrected chi connectivity index (χ0v) is 11.2. The average molecular weight is 231 g/mol. The van der Waals surface area contributed by atoms with Gasteiger partial charge in [0.1, 0.15) is 0 Å². The first-order valence-corrected chi connectivity index (χ1v) is 7.24. The largest absolute Gasteiger partial charge is 0.377 e. The van der Waals surface area contributed by atoms with Crippen LogP contribution in [0.25, 0.3) is 0 Å². The summed E-state index contributed by atoms with van der Waals surface area (Å²) in [5, 5.41) is 3.57. The molecule has 1 heterocycles. The van der Waals surface area contributed by atoms with Gasteiger partial charge < -0.3 is 10.1 Å². The van der Waals surface area contributed by atoms with Crippen molar-refractivity contribution in [1.82, 2.24) is 5.32 Å². The Morgan fingerprint density at radius 2 is 2.27 bits per heavy atom. The van der Waals surface area contributed by atoms with E-state index in [1.165, 1.54) is 30.8 Å². The highest BCUT2D eigenvalue weighted by Crippen LogP contribution is 2.16. The van der Waals surface area contributed by atoms with Crippen molar-refractivity contribution in [3.8, 4) is 0 Å². The molecule has 0 spiro atoms. The number of nitrogens with one attached hydrogen (secondary N) is 1. The van der Waals surface area contributed by atoms with Crippen molar-refractivity contribution in [2.24, 2.45) is 0 Å². The monoisotopic (exact) mass is 231 g/mol. The number of hydrogen-bond donors (Lipinski definition) is 1. The molecule has 1 unspecified atom stereocenters. The smallest absolute Gasteiger partial charge is 0.0666 e. The van der Waals surface area contributed by atoms with Crippen LogP contribution in [0.3, 0.4) is 0 Å². The second-order valence-corrected chi connectivity index (χ2v) is 6.02. The van der Waals surface area contributed by atoms with Crippen molar-refractivity contribution in [1.29, 1.82) is 0 Å². The third-order valence-corrected chi connectivity index (χ3v) is 4.16. The van der Waals surface area contributed by atoms with Gasteiger partial charge in [-0.1, -0.05) is 6.92 Å². The molecular formula is C12H25NOS. The first-order valence-electron chi connectivity index (χ1n) is 6.08. The van der Waals surface area contributed by atoms with Crippen LogP contribution in [0.5, 0.6) is 0 Å². The molecule has 1 aliphatic rings. The van der Waals surface area contributed by atoms with E-state index >= 15 is 0 Å². The summed E-state index contributed by atoms with van der Waals surface area (Å²) in [7, 11) is 0. The van der Waals surface area contributed by atoms with Crippen molar-refractivity contribution < 1.29 is 4.74 Å². The molecule has 1 saturated heterocycles. The lowest BCUT2D eigenvalue weighted by atomic mass is 10.0. The lowest BCUT2D eigenvalue weighted by Gasteiger charge is -2.24. The predicted molar refractivity (Wildman–Crippen MR) is 68.7 cm³/mol. The first-order chi connectivity index (χ1) is 7.14. The lowest BCUT2D eigenvalue weighted by molar-refractivity contribution is 0.129. The Morgan fingerprint density at radius 1 is 1.47 bits per heavy atom. The van der Waals surface area contributed by atoms with Crippen LogP contribution in [0.1, 0.15) is 40.0 Å².